The smallest absolute Gasteiger partial charge is 0.354 e. The number of carboxylic acid groups (broad SMARTS) is 1. The van der Waals surface area contributed by atoms with Gasteiger partial charge < -0.3 is 15.1 Å². The summed E-state index contributed by atoms with van der Waals surface area (Å²) in [6.45, 7) is 3.29. The van der Waals surface area contributed by atoms with Crippen LogP contribution in [0.5, 0.6) is 0 Å². The fourth-order valence-electron chi connectivity index (χ4n) is 1.52. The Hall–Kier alpha value is -1.95. The molecule has 1 heterocycles. The third-order valence-electron chi connectivity index (χ3n) is 2.16. The van der Waals surface area contributed by atoms with Gasteiger partial charge in [-0.05, 0) is 26.0 Å². The van der Waals surface area contributed by atoms with E-state index in [1.54, 1.807) is 13.8 Å². The van der Waals surface area contributed by atoms with Gasteiger partial charge in [0, 0.05) is 13.6 Å². The summed E-state index contributed by atoms with van der Waals surface area (Å²) in [4.78, 5) is 27.8. The van der Waals surface area contributed by atoms with E-state index in [1.807, 2.05) is 0 Å². The van der Waals surface area contributed by atoms with Gasteiger partial charge in [0.1, 0.15) is 11.4 Å². The average molecular weight is 252 g/mol. The zero-order chi connectivity index (χ0) is 13.9. The number of hydrogen-bond donors (Lipinski definition) is 2. The monoisotopic (exact) mass is 252 g/mol. The van der Waals surface area contributed by atoms with E-state index in [0.717, 1.165) is 0 Å². The summed E-state index contributed by atoms with van der Waals surface area (Å²) >= 11 is 0. The molecule has 0 unspecified atom stereocenters. The van der Waals surface area contributed by atoms with Crippen LogP contribution in [0, 0.1) is 0 Å². The van der Waals surface area contributed by atoms with Crippen LogP contribution in [0.2, 0.25) is 0 Å². The van der Waals surface area contributed by atoms with E-state index in [-0.39, 0.29) is 17.9 Å². The van der Waals surface area contributed by atoms with Crippen molar-refractivity contribution in [3.8, 4) is 0 Å². The highest BCUT2D eigenvalue weighted by molar-refractivity contribution is 5.94. The van der Waals surface area contributed by atoms with E-state index < -0.39 is 17.5 Å². The Morgan fingerprint density at radius 3 is 2.39 bits per heavy atom. The Bertz CT molecular complexity index is 465. The van der Waals surface area contributed by atoms with Gasteiger partial charge in [-0.2, -0.15) is 0 Å². The first-order valence-corrected chi connectivity index (χ1v) is 5.39. The number of aliphatic hydroxyl groups is 1. The maximum absolute atomic E-state index is 12.0. The zero-order valence-electron chi connectivity index (χ0n) is 10.5. The second kappa shape index (κ2) is 5.14. The molecule has 18 heavy (non-hydrogen) atoms. The zero-order valence-corrected chi connectivity index (χ0v) is 10.5. The Balaban J connectivity index is 2.90. The van der Waals surface area contributed by atoms with Crippen molar-refractivity contribution in [3.63, 3.8) is 0 Å². The van der Waals surface area contributed by atoms with Crippen LogP contribution in [0.25, 0.3) is 0 Å². The van der Waals surface area contributed by atoms with E-state index in [0.29, 0.717) is 0 Å². The molecule has 0 radical (unpaired) electrons. The number of carbonyl (C=O) groups is 2. The molecule has 1 rings (SSSR count). The minimum atomic E-state index is -1.19. The van der Waals surface area contributed by atoms with Crippen molar-refractivity contribution in [2.75, 3.05) is 13.6 Å². The molecular formula is C12H16N2O4. The first-order chi connectivity index (χ1) is 8.20. The molecule has 0 aliphatic heterocycles. The molecule has 0 saturated heterocycles. The number of hydrogen-bond acceptors (Lipinski definition) is 4. The highest BCUT2D eigenvalue weighted by Crippen LogP contribution is 2.08. The molecule has 0 saturated carbocycles. The summed E-state index contributed by atoms with van der Waals surface area (Å²) in [6.07, 6.45) is 0. The van der Waals surface area contributed by atoms with E-state index >= 15 is 0 Å². The van der Waals surface area contributed by atoms with Crippen molar-refractivity contribution in [2.45, 2.75) is 19.4 Å². The van der Waals surface area contributed by atoms with Crippen LogP contribution < -0.4 is 0 Å². The lowest BCUT2D eigenvalue weighted by molar-refractivity contribution is 0.0364. The van der Waals surface area contributed by atoms with Crippen LogP contribution in [0.15, 0.2) is 18.2 Å². The molecule has 1 aromatic rings. The van der Waals surface area contributed by atoms with E-state index in [2.05, 4.69) is 4.98 Å². The Morgan fingerprint density at radius 1 is 1.33 bits per heavy atom. The summed E-state index contributed by atoms with van der Waals surface area (Å²) < 4.78 is 0. The highest BCUT2D eigenvalue weighted by Gasteiger charge is 2.21. The number of aromatic nitrogens is 1. The highest BCUT2D eigenvalue weighted by atomic mass is 16.4. The number of amides is 1. The molecular weight excluding hydrogens is 236 g/mol. The van der Waals surface area contributed by atoms with Gasteiger partial charge in [-0.3, -0.25) is 4.79 Å². The molecule has 0 atom stereocenters. The van der Waals surface area contributed by atoms with Crippen LogP contribution >= 0.6 is 0 Å². The van der Waals surface area contributed by atoms with Crippen molar-refractivity contribution in [3.05, 3.63) is 29.6 Å². The molecule has 0 aliphatic carbocycles. The molecule has 98 valence electrons. The molecule has 0 aromatic carbocycles. The quantitative estimate of drug-likeness (QED) is 0.819. The minimum Gasteiger partial charge on any atom is -0.477 e. The van der Waals surface area contributed by atoms with Crippen LogP contribution in [-0.2, 0) is 0 Å². The Labute approximate surface area is 105 Å². The lowest BCUT2D eigenvalue weighted by Crippen LogP contribution is -2.40. The van der Waals surface area contributed by atoms with Crippen LogP contribution in [0.4, 0.5) is 0 Å². The number of nitrogens with zero attached hydrogens (tertiary/aromatic N) is 2. The SMILES string of the molecule is CN(CC(C)(C)O)C(=O)c1cccc(C(=O)O)n1. The number of carbonyl (C=O) groups excluding carboxylic acids is 1. The maximum Gasteiger partial charge on any atom is 0.354 e. The van der Waals surface area contributed by atoms with E-state index in [4.69, 9.17) is 5.11 Å². The van der Waals surface area contributed by atoms with Crippen molar-refractivity contribution in [2.24, 2.45) is 0 Å². The topological polar surface area (TPSA) is 90.7 Å². The lowest BCUT2D eigenvalue weighted by atomic mass is 10.1. The molecule has 0 aliphatic rings. The van der Waals surface area contributed by atoms with Crippen LogP contribution in [0.3, 0.4) is 0 Å². The minimum absolute atomic E-state index is 0.0432. The molecule has 0 bridgehead atoms. The molecule has 6 nitrogen and oxygen atoms in total. The van der Waals surface area contributed by atoms with Gasteiger partial charge in [-0.15, -0.1) is 0 Å². The predicted molar refractivity (Wildman–Crippen MR) is 64.5 cm³/mol. The largest absolute Gasteiger partial charge is 0.477 e. The summed E-state index contributed by atoms with van der Waals surface area (Å²) in [7, 11) is 1.52. The molecule has 1 amide bonds. The maximum atomic E-state index is 12.0. The first kappa shape index (κ1) is 14.1. The Kier molecular flexibility index (Phi) is 4.03. The average Bonchev–Trinajstić information content (AvgIpc) is 2.26. The van der Waals surface area contributed by atoms with E-state index in [1.165, 1.54) is 30.1 Å². The van der Waals surface area contributed by atoms with Crippen LogP contribution in [-0.4, -0.2) is 51.2 Å². The number of pyridine rings is 1. The lowest BCUT2D eigenvalue weighted by Gasteiger charge is -2.25. The van der Waals surface area contributed by atoms with Gasteiger partial charge >= 0.3 is 5.97 Å². The standard InChI is InChI=1S/C12H16N2O4/c1-12(2,18)7-14(3)10(15)8-5-4-6-9(13-8)11(16)17/h4-6,18H,7H2,1-3H3,(H,16,17). The fourth-order valence-corrected chi connectivity index (χ4v) is 1.52. The summed E-state index contributed by atoms with van der Waals surface area (Å²) in [5.74, 6) is -1.62. The second-order valence-corrected chi connectivity index (χ2v) is 4.69. The van der Waals surface area contributed by atoms with Gasteiger partial charge in [0.2, 0.25) is 0 Å². The molecule has 1 aromatic heterocycles. The third kappa shape index (κ3) is 3.81. The normalized spacial score (nSPS) is 11.1. The molecule has 2 N–H and O–H groups in total. The predicted octanol–water partition coefficient (Wildman–Crippen LogP) is 0.623. The van der Waals surface area contributed by atoms with Gasteiger partial charge in [-0.25, -0.2) is 9.78 Å². The van der Waals surface area contributed by atoms with Gasteiger partial charge in [0.15, 0.2) is 0 Å². The number of rotatable bonds is 4. The van der Waals surface area contributed by atoms with Crippen molar-refractivity contribution in [1.82, 2.24) is 9.88 Å². The number of carboxylic acids is 1. The van der Waals surface area contributed by atoms with Gasteiger partial charge in [0.05, 0.1) is 5.60 Å². The number of likely N-dealkylation sites (N-methyl/N-ethyl adjacent to an activating group) is 1. The first-order valence-electron chi connectivity index (χ1n) is 5.39. The molecule has 6 heteroatoms. The third-order valence-corrected chi connectivity index (χ3v) is 2.16. The van der Waals surface area contributed by atoms with Gasteiger partial charge in [0.25, 0.3) is 5.91 Å². The van der Waals surface area contributed by atoms with Gasteiger partial charge in [-0.1, -0.05) is 6.07 Å². The molecule has 0 spiro atoms. The number of aromatic carboxylic acids is 1. The summed E-state index contributed by atoms with van der Waals surface area (Å²) in [5.41, 5.74) is -1.16. The van der Waals surface area contributed by atoms with Crippen molar-refractivity contribution in [1.29, 1.82) is 0 Å². The van der Waals surface area contributed by atoms with Crippen molar-refractivity contribution >= 4 is 11.9 Å². The van der Waals surface area contributed by atoms with Crippen LogP contribution in [0.1, 0.15) is 34.8 Å². The summed E-state index contributed by atoms with van der Waals surface area (Å²) in [5, 5.41) is 18.4. The van der Waals surface area contributed by atoms with Crippen molar-refractivity contribution < 1.29 is 19.8 Å². The van der Waals surface area contributed by atoms with E-state index in [9.17, 15) is 14.7 Å². The molecule has 0 fully saturated rings. The Morgan fingerprint density at radius 2 is 1.89 bits per heavy atom. The summed E-state index contributed by atoms with van der Waals surface area (Å²) in [6, 6.07) is 4.21. The fraction of sp³-hybridized carbons (Fsp3) is 0.417. The second-order valence-electron chi connectivity index (χ2n) is 4.69.